The minimum absolute atomic E-state index is 0.500. The molecule has 0 aliphatic carbocycles. The third kappa shape index (κ3) is 2.06. The lowest BCUT2D eigenvalue weighted by Crippen LogP contribution is -1.99. The third-order valence-corrected chi connectivity index (χ3v) is 3.28. The Kier molecular flexibility index (Phi) is 2.83. The highest BCUT2D eigenvalue weighted by molar-refractivity contribution is 8.30. The second kappa shape index (κ2) is 3.69. The fourth-order valence-electron chi connectivity index (χ4n) is 0.732. The first-order valence-electron chi connectivity index (χ1n) is 3.26. The Morgan fingerprint density at radius 1 is 1.42 bits per heavy atom. The smallest absolute Gasteiger partial charge is 0.214 e. The van der Waals surface area contributed by atoms with Gasteiger partial charge in [-0.1, -0.05) is 24.8 Å². The average Bonchev–Trinajstić information content (AvgIpc) is 2.06. The monoisotopic (exact) mass is 200 g/mol. The third-order valence-electron chi connectivity index (χ3n) is 1.23. The molecule has 1 aromatic rings. The predicted octanol–water partition coefficient (Wildman–Crippen LogP) is 1.87. The van der Waals surface area contributed by atoms with Crippen LogP contribution in [0, 0.1) is 0 Å². The molecule has 0 saturated carbocycles. The van der Waals surface area contributed by atoms with Gasteiger partial charge in [0.1, 0.15) is 0 Å². The molecule has 1 rings (SSSR count). The van der Waals surface area contributed by atoms with E-state index in [1.54, 1.807) is 24.3 Å². The molecule has 0 bridgehead atoms. The van der Waals surface area contributed by atoms with Gasteiger partial charge in [-0.05, 0) is 12.1 Å². The van der Waals surface area contributed by atoms with Crippen LogP contribution in [-0.4, -0.2) is 4.21 Å². The lowest BCUT2D eigenvalue weighted by Gasteiger charge is -2.03. The Morgan fingerprint density at radius 3 is 2.50 bits per heavy atom. The molecule has 0 aliphatic rings. The van der Waals surface area contributed by atoms with Gasteiger partial charge < -0.3 is 4.18 Å². The Labute approximate surface area is 76.7 Å². The van der Waals surface area contributed by atoms with Gasteiger partial charge in [0.2, 0.25) is 8.77 Å². The van der Waals surface area contributed by atoms with Crippen molar-refractivity contribution in [1.82, 2.24) is 0 Å². The van der Waals surface area contributed by atoms with Crippen LogP contribution in [0.15, 0.2) is 48.1 Å². The number of hydrogen-bond acceptors (Lipinski definition) is 3. The molecule has 0 amide bonds. The fourth-order valence-corrected chi connectivity index (χ4v) is 2.01. The van der Waals surface area contributed by atoms with Crippen molar-refractivity contribution in [2.24, 2.45) is 0 Å². The van der Waals surface area contributed by atoms with Gasteiger partial charge in [-0.15, -0.1) is 0 Å². The van der Waals surface area contributed by atoms with E-state index in [9.17, 15) is 4.21 Å². The summed E-state index contributed by atoms with van der Waals surface area (Å²) in [5, 5.41) is 0. The van der Waals surface area contributed by atoms with Crippen LogP contribution in [0.4, 0.5) is 0 Å². The largest absolute Gasteiger partial charge is 0.406 e. The van der Waals surface area contributed by atoms with Crippen molar-refractivity contribution < 1.29 is 8.39 Å². The van der Waals surface area contributed by atoms with E-state index in [2.05, 4.69) is 6.58 Å². The Bertz CT molecular complexity index is 354. The molecule has 0 radical (unpaired) electrons. The van der Waals surface area contributed by atoms with Crippen molar-refractivity contribution in [2.45, 2.75) is 4.90 Å². The number of rotatable bonds is 3. The molecule has 0 saturated heterocycles. The van der Waals surface area contributed by atoms with Crippen molar-refractivity contribution in [1.29, 1.82) is 0 Å². The van der Waals surface area contributed by atoms with Gasteiger partial charge in [-0.2, -0.15) is 0 Å². The van der Waals surface area contributed by atoms with Crippen LogP contribution < -0.4 is 0 Å². The average molecular weight is 200 g/mol. The highest BCUT2D eigenvalue weighted by Gasteiger charge is 2.07. The second-order valence-corrected chi connectivity index (χ2v) is 4.92. The summed E-state index contributed by atoms with van der Waals surface area (Å²) in [6.07, 6.45) is 1.10. The summed E-state index contributed by atoms with van der Waals surface area (Å²) in [6.45, 7) is 3.30. The first-order valence-corrected chi connectivity index (χ1v) is 5.67. The fraction of sp³-hybridized carbons (Fsp3) is 0. The van der Waals surface area contributed by atoms with Gasteiger partial charge in [0.15, 0.2) is 0 Å². The molecular formula is C8H8O2S2. The Hall–Kier alpha value is -0.870. The Morgan fingerprint density at radius 2 is 2.00 bits per heavy atom. The summed E-state index contributed by atoms with van der Waals surface area (Å²) in [5.74, 6) is 0. The molecule has 0 heterocycles. The zero-order valence-corrected chi connectivity index (χ0v) is 7.94. The van der Waals surface area contributed by atoms with E-state index in [4.69, 9.17) is 15.4 Å². The van der Waals surface area contributed by atoms with Gasteiger partial charge in [-0.25, -0.2) is 4.21 Å². The van der Waals surface area contributed by atoms with Crippen molar-refractivity contribution in [3.05, 3.63) is 43.2 Å². The number of benzene rings is 1. The Balaban J connectivity index is 3.07. The zero-order chi connectivity index (χ0) is 9.03. The van der Waals surface area contributed by atoms with Crippen molar-refractivity contribution in [2.75, 3.05) is 0 Å². The lowest BCUT2D eigenvalue weighted by molar-refractivity contribution is 0.505. The first-order chi connectivity index (χ1) is 5.67. The first kappa shape index (κ1) is 9.22. The second-order valence-electron chi connectivity index (χ2n) is 2.03. The molecule has 1 atom stereocenters. The summed E-state index contributed by atoms with van der Waals surface area (Å²) in [7, 11) is -2.80. The minimum atomic E-state index is -2.80. The molecular weight excluding hydrogens is 192 g/mol. The summed E-state index contributed by atoms with van der Waals surface area (Å²) >= 11 is 4.74. The van der Waals surface area contributed by atoms with Gasteiger partial charge >= 0.3 is 0 Å². The van der Waals surface area contributed by atoms with Crippen LogP contribution >= 0.6 is 0 Å². The maximum Gasteiger partial charge on any atom is 0.214 e. The lowest BCUT2D eigenvalue weighted by atomic mass is 10.4. The standard InChI is InChI=1S/C8H8O2S2/c1-2-10-12(9,11)8-6-4-3-5-7-8/h2-7H,1H2. The van der Waals surface area contributed by atoms with E-state index < -0.39 is 8.77 Å². The summed E-state index contributed by atoms with van der Waals surface area (Å²) in [5.41, 5.74) is 0. The van der Waals surface area contributed by atoms with E-state index >= 15 is 0 Å². The van der Waals surface area contributed by atoms with Gasteiger partial charge in [0, 0.05) is 11.2 Å². The van der Waals surface area contributed by atoms with Crippen LogP contribution in [0.25, 0.3) is 0 Å². The normalized spacial score (nSPS) is 14.7. The molecule has 1 aromatic carbocycles. The quantitative estimate of drug-likeness (QED) is 0.697. The van der Waals surface area contributed by atoms with Crippen LogP contribution in [0.2, 0.25) is 0 Å². The molecule has 2 nitrogen and oxygen atoms in total. The van der Waals surface area contributed by atoms with Gasteiger partial charge in [-0.3, -0.25) is 0 Å². The molecule has 4 heteroatoms. The van der Waals surface area contributed by atoms with Crippen molar-refractivity contribution in [3.8, 4) is 0 Å². The molecule has 0 spiro atoms. The molecule has 64 valence electrons. The van der Waals surface area contributed by atoms with Crippen molar-refractivity contribution >= 4 is 20.0 Å². The van der Waals surface area contributed by atoms with E-state index in [1.165, 1.54) is 0 Å². The topological polar surface area (TPSA) is 26.3 Å². The predicted molar refractivity (Wildman–Crippen MR) is 51.5 cm³/mol. The molecule has 0 fully saturated rings. The molecule has 0 aromatic heterocycles. The van der Waals surface area contributed by atoms with E-state index in [0.717, 1.165) is 6.26 Å². The highest BCUT2D eigenvalue weighted by Crippen LogP contribution is 2.11. The maximum atomic E-state index is 11.5. The van der Waals surface area contributed by atoms with E-state index in [0.29, 0.717) is 4.90 Å². The highest BCUT2D eigenvalue weighted by atomic mass is 32.8. The van der Waals surface area contributed by atoms with Crippen molar-refractivity contribution in [3.63, 3.8) is 0 Å². The van der Waals surface area contributed by atoms with Crippen LogP contribution in [0.1, 0.15) is 0 Å². The SMILES string of the molecule is C=COS(=O)(=S)c1ccccc1. The van der Waals surface area contributed by atoms with E-state index in [1.807, 2.05) is 6.07 Å². The maximum absolute atomic E-state index is 11.5. The molecule has 0 aliphatic heterocycles. The molecule has 1 unspecified atom stereocenters. The molecule has 12 heavy (non-hydrogen) atoms. The summed E-state index contributed by atoms with van der Waals surface area (Å²) in [6, 6.07) is 8.67. The van der Waals surface area contributed by atoms with Gasteiger partial charge in [0.05, 0.1) is 11.2 Å². The van der Waals surface area contributed by atoms with Crippen LogP contribution in [0.5, 0.6) is 0 Å². The summed E-state index contributed by atoms with van der Waals surface area (Å²) in [4.78, 5) is 0.500. The van der Waals surface area contributed by atoms with E-state index in [-0.39, 0.29) is 0 Å². The minimum Gasteiger partial charge on any atom is -0.406 e. The van der Waals surface area contributed by atoms with Crippen LogP contribution in [-0.2, 0) is 24.1 Å². The van der Waals surface area contributed by atoms with Gasteiger partial charge in [0.25, 0.3) is 0 Å². The summed E-state index contributed by atoms with van der Waals surface area (Å²) < 4.78 is 16.2. The molecule has 0 N–H and O–H groups in total. The number of hydrogen-bond donors (Lipinski definition) is 0. The van der Waals surface area contributed by atoms with Crippen LogP contribution in [0.3, 0.4) is 0 Å². The zero-order valence-electron chi connectivity index (χ0n) is 6.30.